The van der Waals surface area contributed by atoms with Gasteiger partial charge in [0.25, 0.3) is 0 Å². The van der Waals surface area contributed by atoms with E-state index in [4.69, 9.17) is 0 Å². The molecule has 2 aromatic carbocycles. The van der Waals surface area contributed by atoms with Gasteiger partial charge >= 0.3 is 0 Å². The molecule has 1 saturated carbocycles. The van der Waals surface area contributed by atoms with E-state index in [9.17, 15) is 9.90 Å². The van der Waals surface area contributed by atoms with Crippen LogP contribution in [-0.4, -0.2) is 15.9 Å². The molecule has 0 bridgehead atoms. The second-order valence-electron chi connectivity index (χ2n) is 11.0. The van der Waals surface area contributed by atoms with Crippen molar-refractivity contribution in [1.29, 1.82) is 0 Å². The number of ketones is 1. The quantitative estimate of drug-likeness (QED) is 0.272. The smallest absolute Gasteiger partial charge is 0.168 e. The molecule has 2 aliphatic carbocycles. The Morgan fingerprint density at radius 2 is 1.53 bits per heavy atom. The summed E-state index contributed by atoms with van der Waals surface area (Å²) in [4.78, 5) is 17.7. The SMILES string of the molecule is CCC1(CC)CCC2CCC(CC)(CC)C(O)=C2C1=O.Cc1c[c-]c(-c2ccc3ccccc3n2)cc1.[Ir]. The van der Waals surface area contributed by atoms with Crippen molar-refractivity contribution in [3.8, 4) is 11.3 Å². The fraction of sp³-hybridized carbons (Fsp3) is 0.471. The van der Waals surface area contributed by atoms with Crippen LogP contribution in [0.25, 0.3) is 22.2 Å². The summed E-state index contributed by atoms with van der Waals surface area (Å²) >= 11 is 0. The number of aliphatic hydroxyl groups is 1. The van der Waals surface area contributed by atoms with Gasteiger partial charge in [-0.15, -0.1) is 35.4 Å². The minimum absolute atomic E-state index is 0. The third-order valence-electron chi connectivity index (χ3n) is 9.38. The number of carbonyl (C=O) groups is 1. The normalized spacial score (nSPS) is 19.7. The molecule has 0 saturated heterocycles. The van der Waals surface area contributed by atoms with Gasteiger partial charge in [0, 0.05) is 36.5 Å². The van der Waals surface area contributed by atoms with Crippen molar-refractivity contribution < 1.29 is 30.0 Å². The van der Waals surface area contributed by atoms with Crippen molar-refractivity contribution in [2.24, 2.45) is 16.7 Å². The molecule has 1 fully saturated rings. The Hall–Kier alpha value is -2.29. The van der Waals surface area contributed by atoms with Crippen LogP contribution in [0.1, 0.15) is 84.6 Å². The van der Waals surface area contributed by atoms with Gasteiger partial charge < -0.3 is 5.11 Å². The standard InChI is InChI=1S/C18H30O2.C16H12N.Ir/c1-5-17(6-2)11-9-13-10-12-18(7-3,8-4)16(20)14(13)15(17)19;1-12-6-8-14(9-7-12)16-11-10-13-4-2-3-5-15(13)17-16;/h13,19H,5-12H2,1-4H3;2-8,10-11H,1H3;/q;-1;. The first kappa shape index (κ1) is 30.3. The fourth-order valence-corrected chi connectivity index (χ4v) is 6.36. The maximum Gasteiger partial charge on any atom is 0.168 e. The number of nitrogens with zero attached hydrogens (tertiary/aromatic N) is 1. The Labute approximate surface area is 242 Å². The summed E-state index contributed by atoms with van der Waals surface area (Å²) in [5, 5.41) is 12.0. The van der Waals surface area contributed by atoms with Gasteiger partial charge in [0.05, 0.1) is 5.52 Å². The molecule has 2 aliphatic rings. The number of hydrogen-bond donors (Lipinski definition) is 1. The van der Waals surface area contributed by atoms with Crippen molar-refractivity contribution >= 4 is 16.7 Å². The Morgan fingerprint density at radius 1 is 0.895 bits per heavy atom. The number of pyridine rings is 1. The van der Waals surface area contributed by atoms with Crippen molar-refractivity contribution in [2.75, 3.05) is 0 Å². The average molecular weight is 689 g/mol. The van der Waals surface area contributed by atoms with Crippen LogP contribution >= 0.6 is 0 Å². The van der Waals surface area contributed by atoms with E-state index < -0.39 is 0 Å². The van der Waals surface area contributed by atoms with Crippen LogP contribution in [-0.2, 0) is 24.9 Å². The summed E-state index contributed by atoms with van der Waals surface area (Å²) in [5.74, 6) is 1.04. The zero-order valence-corrected chi connectivity index (χ0v) is 26.0. The van der Waals surface area contributed by atoms with Crippen LogP contribution in [0.4, 0.5) is 0 Å². The van der Waals surface area contributed by atoms with E-state index in [1.165, 1.54) is 10.9 Å². The third kappa shape index (κ3) is 5.68. The predicted octanol–water partition coefficient (Wildman–Crippen LogP) is 9.19. The molecule has 38 heavy (non-hydrogen) atoms. The number of aryl methyl sites for hydroxylation is 1. The summed E-state index contributed by atoms with van der Waals surface area (Å²) in [6, 6.07) is 21.7. The summed E-state index contributed by atoms with van der Waals surface area (Å²) in [5.41, 5.74) is 4.74. The molecule has 3 aromatic rings. The molecule has 1 unspecified atom stereocenters. The first-order valence-corrected chi connectivity index (χ1v) is 14.2. The molecule has 1 N–H and O–H groups in total. The monoisotopic (exact) mass is 689 g/mol. The summed E-state index contributed by atoms with van der Waals surface area (Å²) in [6.45, 7) is 10.6. The minimum atomic E-state index is -0.204. The van der Waals surface area contributed by atoms with Crippen molar-refractivity contribution in [2.45, 2.75) is 86.0 Å². The Morgan fingerprint density at radius 3 is 2.13 bits per heavy atom. The number of rotatable bonds is 5. The molecule has 1 heterocycles. The molecule has 0 aliphatic heterocycles. The summed E-state index contributed by atoms with van der Waals surface area (Å²) < 4.78 is 0. The van der Waals surface area contributed by atoms with E-state index >= 15 is 0 Å². The predicted molar refractivity (Wildman–Crippen MR) is 153 cm³/mol. The van der Waals surface area contributed by atoms with Crippen LogP contribution < -0.4 is 0 Å². The van der Waals surface area contributed by atoms with Crippen LogP contribution in [0.3, 0.4) is 0 Å². The van der Waals surface area contributed by atoms with Gasteiger partial charge in [-0.2, -0.15) is 0 Å². The number of benzene rings is 2. The molecular weight excluding hydrogens is 647 g/mol. The first-order valence-electron chi connectivity index (χ1n) is 14.2. The molecule has 3 nitrogen and oxygen atoms in total. The van der Waals surface area contributed by atoms with E-state index in [1.54, 1.807) is 0 Å². The van der Waals surface area contributed by atoms with Crippen LogP contribution in [0.15, 0.2) is 65.9 Å². The van der Waals surface area contributed by atoms with Crippen molar-refractivity contribution in [3.05, 3.63) is 77.6 Å². The first-order chi connectivity index (χ1) is 17.8. The Bertz CT molecular complexity index is 1270. The Kier molecular flexibility index (Phi) is 10.1. The van der Waals surface area contributed by atoms with Gasteiger partial charge in [0.15, 0.2) is 5.78 Å². The zero-order valence-electron chi connectivity index (χ0n) is 23.6. The van der Waals surface area contributed by atoms with E-state index in [2.05, 4.69) is 69.9 Å². The number of carbonyl (C=O) groups excluding carboxylic acids is 1. The van der Waals surface area contributed by atoms with E-state index in [0.29, 0.717) is 11.7 Å². The molecule has 1 atom stereocenters. The number of hydrogen-bond acceptors (Lipinski definition) is 3. The van der Waals surface area contributed by atoms with E-state index in [-0.39, 0.29) is 36.7 Å². The molecular formula is C34H42IrNO2-. The molecule has 5 rings (SSSR count). The molecule has 0 spiro atoms. The molecule has 1 radical (unpaired) electrons. The van der Waals surface area contributed by atoms with Crippen LogP contribution in [0, 0.1) is 29.7 Å². The average Bonchev–Trinajstić information content (AvgIpc) is 2.94. The van der Waals surface area contributed by atoms with Crippen LogP contribution in [0.2, 0.25) is 0 Å². The van der Waals surface area contributed by atoms with E-state index in [1.807, 2.05) is 30.3 Å². The number of aliphatic hydroxyl groups excluding tert-OH is 1. The second-order valence-corrected chi connectivity index (χ2v) is 11.0. The maximum absolute atomic E-state index is 13.1. The third-order valence-corrected chi connectivity index (χ3v) is 9.38. The summed E-state index contributed by atoms with van der Waals surface area (Å²) in [6.07, 6.45) is 7.87. The topological polar surface area (TPSA) is 50.2 Å². The number of allylic oxidation sites excluding steroid dienone is 2. The minimum Gasteiger partial charge on any atom is -0.511 e. The van der Waals surface area contributed by atoms with Crippen molar-refractivity contribution in [1.82, 2.24) is 4.98 Å². The van der Waals surface area contributed by atoms with Gasteiger partial charge in [-0.05, 0) is 74.4 Å². The van der Waals surface area contributed by atoms with Gasteiger partial charge in [0.2, 0.25) is 0 Å². The van der Waals surface area contributed by atoms with Gasteiger partial charge in [-0.3, -0.25) is 9.78 Å². The second kappa shape index (κ2) is 12.7. The number of fused-ring (bicyclic) bond motifs is 2. The Balaban J connectivity index is 0.000000207. The van der Waals surface area contributed by atoms with Crippen LogP contribution in [0.5, 0.6) is 0 Å². The fourth-order valence-electron chi connectivity index (χ4n) is 6.36. The number of para-hydroxylation sites is 1. The van der Waals surface area contributed by atoms with Gasteiger partial charge in [0.1, 0.15) is 5.76 Å². The van der Waals surface area contributed by atoms with Gasteiger partial charge in [-0.1, -0.05) is 65.0 Å². The zero-order chi connectivity index (χ0) is 26.6. The summed E-state index contributed by atoms with van der Waals surface area (Å²) in [7, 11) is 0. The van der Waals surface area contributed by atoms with Crippen molar-refractivity contribution in [3.63, 3.8) is 0 Å². The number of aromatic nitrogens is 1. The van der Waals surface area contributed by atoms with Gasteiger partial charge in [-0.25, -0.2) is 0 Å². The number of Topliss-reactive ketones (excluding diaryl/α,β-unsaturated/α-hetero) is 1. The maximum atomic E-state index is 13.1. The largest absolute Gasteiger partial charge is 0.511 e. The molecule has 205 valence electrons. The molecule has 4 heteroatoms. The molecule has 1 aromatic heterocycles. The van der Waals surface area contributed by atoms with E-state index in [0.717, 1.165) is 73.7 Å². The molecule has 0 amide bonds.